The standard InChI is InChI=1S/C27H23BrClNO8/c1-38-19-8-11(7-17(29)25(19)35)21-12-4-5-13-22(27(37)30(26(13)36)6-2-3-20(32)33)14(12)9-15-23(21)18(31)10-16(28)24(15)34/h4,7-8,10,13-14,21-22,35H,2-3,5-6,9H2,1H3,(H,32,33). The summed E-state index contributed by atoms with van der Waals surface area (Å²) in [5.41, 5.74) is 1.78. The van der Waals surface area contributed by atoms with Gasteiger partial charge < -0.3 is 14.9 Å². The second kappa shape index (κ2) is 9.81. The number of ketones is 2. The van der Waals surface area contributed by atoms with Crippen molar-refractivity contribution in [3.63, 3.8) is 0 Å². The van der Waals surface area contributed by atoms with E-state index in [1.807, 2.05) is 6.08 Å². The Balaban J connectivity index is 1.61. The monoisotopic (exact) mass is 603 g/mol. The molecule has 1 aliphatic heterocycles. The average Bonchev–Trinajstić information content (AvgIpc) is 3.12. The maximum Gasteiger partial charge on any atom is 0.303 e. The molecule has 198 valence electrons. The van der Waals surface area contributed by atoms with Crippen LogP contribution in [0.2, 0.25) is 5.02 Å². The summed E-state index contributed by atoms with van der Waals surface area (Å²) in [6.45, 7) is 0.00681. The summed E-state index contributed by atoms with van der Waals surface area (Å²) in [5, 5.41) is 19.3. The number of likely N-dealkylation sites (tertiary alicyclic amines) is 1. The van der Waals surface area contributed by atoms with Crippen LogP contribution in [0.5, 0.6) is 11.5 Å². The lowest BCUT2D eigenvalue weighted by Gasteiger charge is -2.42. The van der Waals surface area contributed by atoms with Crippen LogP contribution in [0.25, 0.3) is 0 Å². The van der Waals surface area contributed by atoms with Crippen LogP contribution < -0.4 is 4.74 Å². The van der Waals surface area contributed by atoms with Crippen molar-refractivity contribution >= 4 is 56.9 Å². The molecule has 4 aliphatic rings. The van der Waals surface area contributed by atoms with Crippen molar-refractivity contribution in [1.82, 2.24) is 4.90 Å². The summed E-state index contributed by atoms with van der Waals surface area (Å²) >= 11 is 9.47. The summed E-state index contributed by atoms with van der Waals surface area (Å²) in [6.07, 6.45) is 3.44. The molecule has 0 radical (unpaired) electrons. The Morgan fingerprint density at radius 1 is 1.18 bits per heavy atom. The molecule has 2 amide bonds. The number of halogens is 2. The Labute approximate surface area is 230 Å². The Hall–Kier alpha value is -3.24. The zero-order chi connectivity index (χ0) is 27.5. The number of carboxylic acid groups (broad SMARTS) is 1. The summed E-state index contributed by atoms with van der Waals surface area (Å²) in [4.78, 5) is 65.4. The van der Waals surface area contributed by atoms with Crippen LogP contribution in [0.3, 0.4) is 0 Å². The number of aromatic hydroxyl groups is 1. The molecule has 1 heterocycles. The number of nitrogens with zero attached hydrogens (tertiary/aromatic N) is 1. The topological polar surface area (TPSA) is 138 Å². The Morgan fingerprint density at radius 3 is 2.61 bits per heavy atom. The number of benzene rings is 1. The van der Waals surface area contributed by atoms with Gasteiger partial charge in [0.2, 0.25) is 11.8 Å². The largest absolute Gasteiger partial charge is 0.503 e. The normalized spacial score (nSPS) is 26.6. The summed E-state index contributed by atoms with van der Waals surface area (Å²) in [6, 6.07) is 3.06. The molecular formula is C27H23BrClNO8. The second-order valence-corrected chi connectivity index (χ2v) is 11.0. The number of imide groups is 1. The van der Waals surface area contributed by atoms with Crippen molar-refractivity contribution in [2.75, 3.05) is 13.7 Å². The number of ether oxygens (including phenoxy) is 1. The molecule has 1 aromatic carbocycles. The SMILES string of the molecule is COc1cc(C2C3=CCC4C(=O)N(CCCC(=O)O)C(=O)C4C3CC3=C2C(=O)C=C(Br)C3=O)cc(Cl)c1O. The molecule has 1 saturated heterocycles. The van der Waals surface area contributed by atoms with Gasteiger partial charge in [0.15, 0.2) is 23.1 Å². The van der Waals surface area contributed by atoms with Crippen LogP contribution in [0.4, 0.5) is 0 Å². The van der Waals surface area contributed by atoms with Crippen LogP contribution in [-0.2, 0) is 24.0 Å². The minimum atomic E-state index is -1.01. The van der Waals surface area contributed by atoms with Crippen molar-refractivity contribution in [3.8, 4) is 11.5 Å². The number of phenols is 1. The number of hydrogen-bond donors (Lipinski definition) is 2. The van der Waals surface area contributed by atoms with Crippen molar-refractivity contribution in [2.24, 2.45) is 17.8 Å². The lowest BCUT2D eigenvalue weighted by molar-refractivity contribution is -0.142. The number of methoxy groups -OCH3 is 1. The van der Waals surface area contributed by atoms with Gasteiger partial charge in [-0.25, -0.2) is 0 Å². The zero-order valence-corrected chi connectivity index (χ0v) is 22.5. The molecule has 1 aromatic rings. The van der Waals surface area contributed by atoms with E-state index in [2.05, 4.69) is 15.9 Å². The number of rotatable bonds is 6. The van der Waals surface area contributed by atoms with E-state index in [1.54, 1.807) is 6.07 Å². The van der Waals surface area contributed by atoms with E-state index in [0.29, 0.717) is 5.56 Å². The van der Waals surface area contributed by atoms with Crippen LogP contribution in [-0.4, -0.2) is 58.1 Å². The van der Waals surface area contributed by atoms with Gasteiger partial charge in [-0.2, -0.15) is 0 Å². The van der Waals surface area contributed by atoms with Gasteiger partial charge in [0, 0.05) is 36.1 Å². The third-order valence-electron chi connectivity index (χ3n) is 7.80. The van der Waals surface area contributed by atoms with Crippen molar-refractivity contribution in [3.05, 3.63) is 56.1 Å². The van der Waals surface area contributed by atoms with Crippen LogP contribution in [0.1, 0.15) is 37.2 Å². The highest BCUT2D eigenvalue weighted by Crippen LogP contribution is 2.56. The van der Waals surface area contributed by atoms with E-state index in [-0.39, 0.29) is 81.9 Å². The van der Waals surface area contributed by atoms with Crippen molar-refractivity contribution in [1.29, 1.82) is 0 Å². The minimum Gasteiger partial charge on any atom is -0.503 e. The molecule has 4 atom stereocenters. The number of carbonyl (C=O) groups excluding carboxylic acids is 4. The van der Waals surface area contributed by atoms with E-state index in [4.69, 9.17) is 21.4 Å². The molecule has 0 aromatic heterocycles. The van der Waals surface area contributed by atoms with Crippen molar-refractivity contribution in [2.45, 2.75) is 31.6 Å². The number of amides is 2. The lowest BCUT2D eigenvalue weighted by Crippen LogP contribution is -2.39. The van der Waals surface area contributed by atoms with E-state index in [1.165, 1.54) is 19.3 Å². The van der Waals surface area contributed by atoms with Gasteiger partial charge in [0.1, 0.15) is 0 Å². The second-order valence-electron chi connectivity index (χ2n) is 9.77. The molecule has 11 heteroatoms. The van der Waals surface area contributed by atoms with Crippen LogP contribution >= 0.6 is 27.5 Å². The van der Waals surface area contributed by atoms with Gasteiger partial charge in [-0.05, 0) is 58.8 Å². The number of phenolic OH excluding ortho intramolecular Hbond substituents is 1. The predicted molar refractivity (Wildman–Crippen MR) is 138 cm³/mol. The Kier molecular flexibility index (Phi) is 6.81. The number of carbonyl (C=O) groups is 5. The number of fused-ring (bicyclic) bond motifs is 3. The van der Waals surface area contributed by atoms with Gasteiger partial charge >= 0.3 is 5.97 Å². The van der Waals surface area contributed by atoms with E-state index >= 15 is 0 Å². The predicted octanol–water partition coefficient (Wildman–Crippen LogP) is 3.68. The lowest BCUT2D eigenvalue weighted by atomic mass is 9.59. The third kappa shape index (κ3) is 4.10. The molecule has 3 aliphatic carbocycles. The maximum atomic E-state index is 13.6. The first-order chi connectivity index (χ1) is 18.0. The van der Waals surface area contributed by atoms with Gasteiger partial charge in [-0.1, -0.05) is 23.3 Å². The highest BCUT2D eigenvalue weighted by atomic mass is 79.9. The fourth-order valence-corrected chi connectivity index (χ4v) is 6.84. The quantitative estimate of drug-likeness (QED) is 0.285. The van der Waals surface area contributed by atoms with Crippen LogP contribution in [0, 0.1) is 17.8 Å². The van der Waals surface area contributed by atoms with E-state index in [0.717, 1.165) is 10.5 Å². The highest BCUT2D eigenvalue weighted by molar-refractivity contribution is 9.12. The average molecular weight is 605 g/mol. The molecule has 5 rings (SSSR count). The van der Waals surface area contributed by atoms with E-state index in [9.17, 15) is 29.1 Å². The number of hydrogen-bond acceptors (Lipinski definition) is 7. The first-order valence-corrected chi connectivity index (χ1v) is 13.2. The summed E-state index contributed by atoms with van der Waals surface area (Å²) in [5.74, 6) is -5.30. The van der Waals surface area contributed by atoms with Gasteiger partial charge in [0.25, 0.3) is 0 Å². The van der Waals surface area contributed by atoms with Gasteiger partial charge in [-0.3, -0.25) is 28.9 Å². The van der Waals surface area contributed by atoms with E-state index < -0.39 is 35.5 Å². The smallest absolute Gasteiger partial charge is 0.303 e. The molecule has 1 fully saturated rings. The Morgan fingerprint density at radius 2 is 1.92 bits per heavy atom. The number of aliphatic carboxylic acids is 1. The molecular weight excluding hydrogens is 582 g/mol. The fraction of sp³-hybridized carbons (Fsp3) is 0.370. The molecule has 0 bridgehead atoms. The molecule has 2 N–H and O–H groups in total. The van der Waals surface area contributed by atoms with Crippen LogP contribution in [0.15, 0.2) is 45.5 Å². The zero-order valence-electron chi connectivity index (χ0n) is 20.2. The van der Waals surface area contributed by atoms with Crippen molar-refractivity contribution < 1.29 is 38.9 Å². The summed E-state index contributed by atoms with van der Waals surface area (Å²) in [7, 11) is 1.37. The minimum absolute atomic E-state index is 0.000873. The molecule has 0 spiro atoms. The number of allylic oxidation sites excluding steroid dienone is 6. The third-order valence-corrected chi connectivity index (χ3v) is 8.68. The number of Topliss-reactive ketones (excluding diaryl/α,β-unsaturated/α-hetero) is 1. The fourth-order valence-electron chi connectivity index (χ4n) is 6.18. The molecule has 9 nitrogen and oxygen atoms in total. The van der Waals surface area contributed by atoms with Gasteiger partial charge in [-0.15, -0.1) is 0 Å². The highest BCUT2D eigenvalue weighted by Gasteiger charge is 2.56. The number of carboxylic acids is 1. The maximum absolute atomic E-state index is 13.6. The molecule has 0 saturated carbocycles. The van der Waals surface area contributed by atoms with Gasteiger partial charge in [0.05, 0.1) is 28.5 Å². The first-order valence-electron chi connectivity index (χ1n) is 12.1. The summed E-state index contributed by atoms with van der Waals surface area (Å²) < 4.78 is 5.39. The molecule has 38 heavy (non-hydrogen) atoms. The first kappa shape index (κ1) is 26.4. The molecule has 4 unspecified atom stereocenters. The Bertz CT molecular complexity index is 1410.